The van der Waals surface area contributed by atoms with E-state index in [9.17, 15) is 9.59 Å². The molecule has 0 amide bonds. The van der Waals surface area contributed by atoms with E-state index in [1.165, 1.54) is 14.2 Å². The van der Waals surface area contributed by atoms with Crippen molar-refractivity contribution in [2.75, 3.05) is 14.2 Å². The normalized spacial score (nSPS) is 15.4. The number of rotatable bonds is 7. The molecule has 0 fully saturated rings. The Hall–Kier alpha value is 0.0257. The van der Waals surface area contributed by atoms with Crippen LogP contribution in [0.1, 0.15) is 12.8 Å². The molecule has 0 aliphatic rings. The van der Waals surface area contributed by atoms with Crippen molar-refractivity contribution in [1.29, 1.82) is 0 Å². The van der Waals surface area contributed by atoms with Gasteiger partial charge in [0.05, 0.1) is 0 Å². The predicted octanol–water partition coefficient (Wildman–Crippen LogP) is 3.53. The Morgan fingerprint density at radius 3 is 1.15 bits per heavy atom. The van der Waals surface area contributed by atoms with Gasteiger partial charge in [-0.1, -0.05) is 0 Å². The van der Waals surface area contributed by atoms with Gasteiger partial charge in [0.15, 0.2) is 0 Å². The summed E-state index contributed by atoms with van der Waals surface area (Å²) >= 11 is -4.33. The van der Waals surface area contributed by atoms with Gasteiger partial charge in [0, 0.05) is 0 Å². The minimum atomic E-state index is -2.17. The Bertz CT molecular complexity index is 308. The molecule has 0 aromatic heterocycles. The van der Waals surface area contributed by atoms with Crippen LogP contribution in [0.5, 0.6) is 0 Å². The third-order valence-corrected chi connectivity index (χ3v) is 14.8. The first-order valence-electron chi connectivity index (χ1n) is 7.10. The Kier molecular flexibility index (Phi) is 7.88. The van der Waals surface area contributed by atoms with Crippen LogP contribution in [0.15, 0.2) is 0 Å². The fourth-order valence-corrected chi connectivity index (χ4v) is 10.2. The van der Waals surface area contributed by atoms with Gasteiger partial charge in [0.25, 0.3) is 0 Å². The van der Waals surface area contributed by atoms with Crippen LogP contribution in [0.25, 0.3) is 0 Å². The first-order valence-corrected chi connectivity index (χ1v) is 22.1. The van der Waals surface area contributed by atoms with Crippen LogP contribution in [0.4, 0.5) is 0 Å². The van der Waals surface area contributed by atoms with Crippen LogP contribution >= 0.6 is 0 Å². The number of hydrogen-bond donors (Lipinski definition) is 0. The van der Waals surface area contributed by atoms with Crippen molar-refractivity contribution in [3.63, 3.8) is 0 Å². The van der Waals surface area contributed by atoms with Gasteiger partial charge in [-0.25, -0.2) is 0 Å². The number of methoxy groups -OCH3 is 2. The Labute approximate surface area is 128 Å². The Morgan fingerprint density at radius 2 is 1.00 bits per heavy atom. The standard InChI is InChI=1S/C14H30Ge2O4/c1-15(2,3)11(13(17)19-7)9-10-12(14(18)20-8)16(4,5)6/h11-12H,9-10H2,1-8H3. The summed E-state index contributed by atoms with van der Waals surface area (Å²) in [7, 11) is 2.89. The average molecular weight is 408 g/mol. The van der Waals surface area contributed by atoms with Gasteiger partial charge in [-0.05, 0) is 0 Å². The summed E-state index contributed by atoms with van der Waals surface area (Å²) in [6.45, 7) is 0. The van der Waals surface area contributed by atoms with E-state index in [1.54, 1.807) is 0 Å². The third kappa shape index (κ3) is 6.20. The summed E-state index contributed by atoms with van der Waals surface area (Å²) in [6, 6.07) is 0. The number of carbonyl (C=O) groups is 2. The van der Waals surface area contributed by atoms with Crippen LogP contribution in [0, 0.1) is 0 Å². The second-order valence-corrected chi connectivity index (χ2v) is 30.2. The van der Waals surface area contributed by atoms with Crippen molar-refractivity contribution in [2.24, 2.45) is 0 Å². The van der Waals surface area contributed by atoms with E-state index in [1.807, 2.05) is 0 Å². The second-order valence-electron chi connectivity index (χ2n) is 7.46. The van der Waals surface area contributed by atoms with E-state index in [2.05, 4.69) is 34.5 Å². The molecule has 0 aliphatic carbocycles. The van der Waals surface area contributed by atoms with Crippen LogP contribution in [-0.2, 0) is 19.1 Å². The Balaban J connectivity index is 4.98. The van der Waals surface area contributed by atoms with Gasteiger partial charge in [0.2, 0.25) is 0 Å². The van der Waals surface area contributed by atoms with Gasteiger partial charge in [-0.15, -0.1) is 0 Å². The molecule has 0 heterocycles. The second kappa shape index (κ2) is 7.87. The van der Waals surface area contributed by atoms with E-state index in [-0.39, 0.29) is 21.4 Å². The van der Waals surface area contributed by atoms with Crippen molar-refractivity contribution in [3.05, 3.63) is 0 Å². The van der Waals surface area contributed by atoms with Crippen molar-refractivity contribution < 1.29 is 19.1 Å². The molecular formula is C14H30Ge2O4. The third-order valence-electron chi connectivity index (χ3n) is 3.81. The van der Waals surface area contributed by atoms with Crippen molar-refractivity contribution in [3.8, 4) is 0 Å². The van der Waals surface area contributed by atoms with Crippen molar-refractivity contribution in [2.45, 2.75) is 56.9 Å². The fourth-order valence-electron chi connectivity index (χ4n) is 2.43. The first-order chi connectivity index (χ1) is 8.95. The number of ether oxygens (including phenoxy) is 2. The van der Waals surface area contributed by atoms with Crippen molar-refractivity contribution in [1.82, 2.24) is 0 Å². The molecule has 2 unspecified atom stereocenters. The van der Waals surface area contributed by atoms with Gasteiger partial charge in [-0.2, -0.15) is 0 Å². The van der Waals surface area contributed by atoms with Gasteiger partial charge in [0.1, 0.15) is 0 Å². The molecule has 2 atom stereocenters. The molecular weight excluding hydrogens is 377 g/mol. The van der Waals surface area contributed by atoms with Crippen LogP contribution in [0.3, 0.4) is 0 Å². The maximum atomic E-state index is 12.0. The molecule has 0 spiro atoms. The molecule has 0 bridgehead atoms. The van der Waals surface area contributed by atoms with Crippen molar-refractivity contribution >= 4 is 38.5 Å². The molecule has 0 aromatic carbocycles. The monoisotopic (exact) mass is 410 g/mol. The molecule has 0 aromatic rings. The topological polar surface area (TPSA) is 52.6 Å². The van der Waals surface area contributed by atoms with E-state index in [4.69, 9.17) is 9.47 Å². The van der Waals surface area contributed by atoms with Crippen LogP contribution in [0.2, 0.25) is 44.0 Å². The molecule has 0 saturated carbocycles. The minimum absolute atomic E-state index is 0.00286. The molecule has 6 heteroatoms. The zero-order chi connectivity index (χ0) is 16.1. The summed E-state index contributed by atoms with van der Waals surface area (Å²) in [4.78, 5) is 24.0. The van der Waals surface area contributed by atoms with Crippen LogP contribution in [-0.4, -0.2) is 52.7 Å². The van der Waals surface area contributed by atoms with E-state index in [0.29, 0.717) is 0 Å². The predicted molar refractivity (Wildman–Crippen MR) is 87.5 cm³/mol. The Morgan fingerprint density at radius 1 is 0.750 bits per heavy atom. The zero-order valence-electron chi connectivity index (χ0n) is 14.2. The molecule has 118 valence electrons. The maximum absolute atomic E-state index is 12.0. The summed E-state index contributed by atoms with van der Waals surface area (Å²) in [5.41, 5.74) is 0. The number of carbonyl (C=O) groups excluding carboxylic acids is 2. The molecule has 0 rings (SSSR count). The summed E-state index contributed by atoms with van der Waals surface area (Å²) in [6.07, 6.45) is 1.50. The quantitative estimate of drug-likeness (QED) is 0.479. The van der Waals surface area contributed by atoms with E-state index < -0.39 is 26.5 Å². The molecule has 0 aliphatic heterocycles. The SMILES string of the molecule is COC(=O)[CH](CC[CH](C(=O)OC)[Ge]([CH3])([CH3])[CH3])[Ge]([CH3])([CH3])[CH3]. The van der Waals surface area contributed by atoms with E-state index >= 15 is 0 Å². The number of hydrogen-bond acceptors (Lipinski definition) is 4. The molecule has 0 N–H and O–H groups in total. The molecule has 0 radical (unpaired) electrons. The summed E-state index contributed by atoms with van der Waals surface area (Å²) in [5, 5.41) is 0. The average Bonchev–Trinajstić information content (AvgIpc) is 2.29. The molecule has 20 heavy (non-hydrogen) atoms. The summed E-state index contributed by atoms with van der Waals surface area (Å²) in [5.74, 6) is 13.1. The molecule has 4 nitrogen and oxygen atoms in total. The zero-order valence-corrected chi connectivity index (χ0v) is 18.4. The number of esters is 2. The van der Waals surface area contributed by atoms with Crippen LogP contribution < -0.4 is 0 Å². The fraction of sp³-hybridized carbons (Fsp3) is 0.857. The summed E-state index contributed by atoms with van der Waals surface area (Å²) < 4.78 is 9.90. The van der Waals surface area contributed by atoms with Gasteiger partial charge in [-0.3, -0.25) is 0 Å². The van der Waals surface area contributed by atoms with Gasteiger partial charge >= 0.3 is 129 Å². The first kappa shape index (κ1) is 20.0. The van der Waals surface area contributed by atoms with E-state index in [0.717, 1.165) is 12.8 Å². The molecule has 0 saturated heterocycles. The van der Waals surface area contributed by atoms with Gasteiger partial charge < -0.3 is 0 Å².